The first-order chi connectivity index (χ1) is 18.7. The quantitative estimate of drug-likeness (QED) is 0.311. The summed E-state index contributed by atoms with van der Waals surface area (Å²) in [6, 6.07) is 19.5. The number of ether oxygens (including phenoxy) is 1. The van der Waals surface area contributed by atoms with E-state index in [2.05, 4.69) is 78.4 Å². The second-order valence-electron chi connectivity index (χ2n) is 11.9. The SMILES string of the molecule is CC1CC(/C(=C(\CCCO)c2ccccc2)c2ccc(N3CCN(C)CC3)cc2)=CC=C1OC(=O)C(C)(C)C. The fourth-order valence-corrected chi connectivity index (χ4v) is 5.19. The zero-order chi connectivity index (χ0) is 28.0. The lowest BCUT2D eigenvalue weighted by Crippen LogP contribution is -2.44. The molecule has 208 valence electrons. The van der Waals surface area contributed by atoms with Gasteiger partial charge in [0, 0.05) is 44.4 Å². The van der Waals surface area contributed by atoms with Gasteiger partial charge in [0.05, 0.1) is 5.41 Å². The first kappa shape index (κ1) is 28.8. The van der Waals surface area contributed by atoms with Crippen LogP contribution >= 0.6 is 0 Å². The lowest BCUT2D eigenvalue weighted by molar-refractivity contribution is -0.149. The van der Waals surface area contributed by atoms with Gasteiger partial charge in [-0.25, -0.2) is 0 Å². The molecule has 1 aliphatic heterocycles. The normalized spacial score (nSPS) is 19.2. The molecule has 0 amide bonds. The van der Waals surface area contributed by atoms with Crippen LogP contribution in [0, 0.1) is 11.3 Å². The molecular weight excluding hydrogens is 484 g/mol. The first-order valence-electron chi connectivity index (χ1n) is 14.2. The van der Waals surface area contributed by atoms with Crippen molar-refractivity contribution in [3.63, 3.8) is 0 Å². The summed E-state index contributed by atoms with van der Waals surface area (Å²) in [6.45, 7) is 12.1. The van der Waals surface area contributed by atoms with Crippen LogP contribution in [-0.2, 0) is 9.53 Å². The predicted octanol–water partition coefficient (Wildman–Crippen LogP) is 6.56. The minimum absolute atomic E-state index is 0.0748. The van der Waals surface area contributed by atoms with Crippen LogP contribution in [0.5, 0.6) is 0 Å². The summed E-state index contributed by atoms with van der Waals surface area (Å²) >= 11 is 0. The molecule has 5 heteroatoms. The summed E-state index contributed by atoms with van der Waals surface area (Å²) in [4.78, 5) is 17.4. The third-order valence-corrected chi connectivity index (χ3v) is 7.64. The van der Waals surface area contributed by atoms with Crippen LogP contribution in [0.2, 0.25) is 0 Å². The molecule has 1 saturated heterocycles. The monoisotopic (exact) mass is 528 g/mol. The molecule has 1 unspecified atom stereocenters. The number of esters is 1. The summed E-state index contributed by atoms with van der Waals surface area (Å²) in [5.74, 6) is 0.589. The average Bonchev–Trinajstić information content (AvgIpc) is 2.93. The molecule has 1 atom stereocenters. The summed E-state index contributed by atoms with van der Waals surface area (Å²) in [5, 5.41) is 9.75. The van der Waals surface area contributed by atoms with Crippen molar-refractivity contribution in [2.24, 2.45) is 11.3 Å². The van der Waals surface area contributed by atoms with Gasteiger partial charge >= 0.3 is 5.97 Å². The Kier molecular flexibility index (Phi) is 9.47. The predicted molar refractivity (Wildman–Crippen MR) is 161 cm³/mol. The summed E-state index contributed by atoms with van der Waals surface area (Å²) in [7, 11) is 2.18. The Hall–Kier alpha value is -3.15. The Bertz CT molecular complexity index is 1210. The summed E-state index contributed by atoms with van der Waals surface area (Å²) in [5.41, 5.74) is 6.72. The maximum atomic E-state index is 12.6. The summed E-state index contributed by atoms with van der Waals surface area (Å²) < 4.78 is 5.82. The van der Waals surface area contributed by atoms with Crippen LogP contribution in [-0.4, -0.2) is 55.8 Å². The Balaban J connectivity index is 1.76. The van der Waals surface area contributed by atoms with E-state index in [-0.39, 0.29) is 18.5 Å². The van der Waals surface area contributed by atoms with Crippen LogP contribution < -0.4 is 4.90 Å². The third kappa shape index (κ3) is 7.28. The molecule has 2 aromatic carbocycles. The van der Waals surface area contributed by atoms with Crippen LogP contribution in [0.3, 0.4) is 0 Å². The highest BCUT2D eigenvalue weighted by molar-refractivity contribution is 5.99. The van der Waals surface area contributed by atoms with Crippen molar-refractivity contribution in [1.82, 2.24) is 4.90 Å². The number of anilines is 1. The minimum atomic E-state index is -0.550. The maximum absolute atomic E-state index is 12.6. The molecule has 0 saturated carbocycles. The van der Waals surface area contributed by atoms with Gasteiger partial charge in [-0.15, -0.1) is 0 Å². The first-order valence-corrected chi connectivity index (χ1v) is 14.2. The van der Waals surface area contributed by atoms with Crippen molar-refractivity contribution in [2.45, 2.75) is 47.0 Å². The van der Waals surface area contributed by atoms with Crippen molar-refractivity contribution in [2.75, 3.05) is 44.7 Å². The van der Waals surface area contributed by atoms with Gasteiger partial charge in [-0.2, -0.15) is 0 Å². The Morgan fingerprint density at radius 1 is 0.949 bits per heavy atom. The second-order valence-corrected chi connectivity index (χ2v) is 11.9. The molecule has 2 aliphatic rings. The number of piperazine rings is 1. The van der Waals surface area contributed by atoms with Gasteiger partial charge in [-0.1, -0.05) is 55.5 Å². The molecule has 2 aromatic rings. The second kappa shape index (κ2) is 12.8. The Morgan fingerprint density at radius 2 is 1.62 bits per heavy atom. The van der Waals surface area contributed by atoms with Crippen molar-refractivity contribution >= 4 is 22.8 Å². The molecule has 1 fully saturated rings. The molecule has 4 rings (SSSR count). The zero-order valence-electron chi connectivity index (χ0n) is 24.2. The standard InChI is InChI=1S/C34H44N2O3/c1-25-24-28(15-18-31(25)39-33(38)34(2,3)4)32(30(12-9-23-37)26-10-7-6-8-11-26)27-13-16-29(17-14-27)36-21-19-35(5)20-22-36/h6-8,10-11,13-18,25,37H,9,12,19-24H2,1-5H3/b32-30+. The van der Waals surface area contributed by atoms with Gasteiger partial charge in [0.1, 0.15) is 5.76 Å². The van der Waals surface area contributed by atoms with E-state index in [1.54, 1.807) is 0 Å². The van der Waals surface area contributed by atoms with Crippen molar-refractivity contribution in [3.05, 3.63) is 89.2 Å². The Morgan fingerprint density at radius 3 is 2.21 bits per heavy atom. The molecule has 1 N–H and O–H groups in total. The molecule has 1 heterocycles. The molecule has 1 aliphatic carbocycles. The number of aliphatic hydroxyl groups excluding tert-OH is 1. The molecule has 0 aromatic heterocycles. The number of rotatable bonds is 8. The van der Waals surface area contributed by atoms with Gasteiger partial charge in [0.2, 0.25) is 0 Å². The number of allylic oxidation sites excluding steroid dienone is 6. The Labute approximate surface area is 234 Å². The minimum Gasteiger partial charge on any atom is -0.430 e. The van der Waals surface area contributed by atoms with Crippen molar-refractivity contribution < 1.29 is 14.6 Å². The number of hydrogen-bond acceptors (Lipinski definition) is 5. The molecule has 0 bridgehead atoms. The number of carbonyl (C=O) groups is 1. The molecule has 39 heavy (non-hydrogen) atoms. The fraction of sp³-hybridized carbons (Fsp3) is 0.441. The van der Waals surface area contributed by atoms with Crippen LogP contribution in [0.1, 0.15) is 58.1 Å². The van der Waals surface area contributed by atoms with Gasteiger partial charge < -0.3 is 19.6 Å². The highest BCUT2D eigenvalue weighted by Crippen LogP contribution is 2.41. The smallest absolute Gasteiger partial charge is 0.316 e. The summed E-state index contributed by atoms with van der Waals surface area (Å²) in [6.07, 6.45) is 6.34. The third-order valence-electron chi connectivity index (χ3n) is 7.64. The van der Waals surface area contributed by atoms with E-state index in [0.717, 1.165) is 44.8 Å². The largest absolute Gasteiger partial charge is 0.430 e. The molecule has 0 spiro atoms. The fourth-order valence-electron chi connectivity index (χ4n) is 5.19. The number of aliphatic hydroxyl groups is 1. The van der Waals surface area contributed by atoms with E-state index in [0.29, 0.717) is 6.42 Å². The lowest BCUT2D eigenvalue weighted by atomic mass is 9.81. The van der Waals surface area contributed by atoms with Crippen LogP contribution in [0.25, 0.3) is 11.1 Å². The van der Waals surface area contributed by atoms with E-state index in [4.69, 9.17) is 4.74 Å². The number of benzene rings is 2. The lowest BCUT2D eigenvalue weighted by Gasteiger charge is -2.34. The highest BCUT2D eigenvalue weighted by Gasteiger charge is 2.28. The van der Waals surface area contributed by atoms with E-state index >= 15 is 0 Å². The van der Waals surface area contributed by atoms with Crippen molar-refractivity contribution in [3.8, 4) is 0 Å². The van der Waals surface area contributed by atoms with E-state index in [1.165, 1.54) is 33.5 Å². The number of nitrogens with zero attached hydrogens (tertiary/aromatic N) is 2. The number of carbonyl (C=O) groups excluding carboxylic acids is 1. The van der Waals surface area contributed by atoms with Gasteiger partial charge in [0.15, 0.2) is 0 Å². The van der Waals surface area contributed by atoms with Crippen molar-refractivity contribution in [1.29, 1.82) is 0 Å². The number of likely N-dealkylation sites (N-methyl/N-ethyl adjacent to an activating group) is 1. The topological polar surface area (TPSA) is 53.0 Å². The maximum Gasteiger partial charge on any atom is 0.316 e. The van der Waals surface area contributed by atoms with Gasteiger partial charge in [-0.05, 0) is 93.1 Å². The highest BCUT2D eigenvalue weighted by atomic mass is 16.5. The molecule has 5 nitrogen and oxygen atoms in total. The van der Waals surface area contributed by atoms with E-state index in [9.17, 15) is 9.90 Å². The van der Waals surface area contributed by atoms with E-state index < -0.39 is 5.41 Å². The average molecular weight is 529 g/mol. The van der Waals surface area contributed by atoms with E-state index in [1.807, 2.05) is 32.9 Å². The zero-order valence-corrected chi connectivity index (χ0v) is 24.2. The van der Waals surface area contributed by atoms with Crippen LogP contribution in [0.4, 0.5) is 5.69 Å². The molecule has 0 radical (unpaired) electrons. The van der Waals surface area contributed by atoms with Crippen LogP contribution in [0.15, 0.2) is 78.1 Å². The van der Waals surface area contributed by atoms with Gasteiger partial charge in [-0.3, -0.25) is 4.79 Å². The number of hydrogen-bond donors (Lipinski definition) is 1. The van der Waals surface area contributed by atoms with Gasteiger partial charge in [0.25, 0.3) is 0 Å². The molecular formula is C34H44N2O3.